The molecule has 66 valence electrons. The van der Waals surface area contributed by atoms with Crippen LogP contribution in [0.15, 0.2) is 0 Å². The third-order valence-corrected chi connectivity index (χ3v) is 2.64. The number of rotatable bonds is 3. The lowest BCUT2D eigenvalue weighted by Gasteiger charge is -2.29. The second kappa shape index (κ2) is 4.73. The SMILES string of the molecule is CO[C@H]1CCCC[C@@H]1CCO. The summed E-state index contributed by atoms with van der Waals surface area (Å²) in [6.45, 7) is 0.310. The van der Waals surface area contributed by atoms with Crippen molar-refractivity contribution in [1.29, 1.82) is 0 Å². The van der Waals surface area contributed by atoms with E-state index in [2.05, 4.69) is 0 Å². The van der Waals surface area contributed by atoms with Crippen molar-refractivity contribution in [2.45, 2.75) is 38.2 Å². The molecule has 0 bridgehead atoms. The van der Waals surface area contributed by atoms with Crippen molar-refractivity contribution < 1.29 is 9.84 Å². The van der Waals surface area contributed by atoms with Crippen LogP contribution in [-0.4, -0.2) is 24.9 Å². The van der Waals surface area contributed by atoms with Crippen LogP contribution in [0, 0.1) is 5.92 Å². The molecule has 11 heavy (non-hydrogen) atoms. The van der Waals surface area contributed by atoms with Gasteiger partial charge in [-0.3, -0.25) is 0 Å². The van der Waals surface area contributed by atoms with Crippen LogP contribution < -0.4 is 0 Å². The Kier molecular flexibility index (Phi) is 3.87. The van der Waals surface area contributed by atoms with Crippen molar-refractivity contribution in [3.8, 4) is 0 Å². The molecule has 2 heteroatoms. The van der Waals surface area contributed by atoms with Gasteiger partial charge in [0, 0.05) is 13.7 Å². The molecule has 0 saturated heterocycles. The lowest BCUT2D eigenvalue weighted by atomic mass is 9.84. The summed E-state index contributed by atoms with van der Waals surface area (Å²) in [5.74, 6) is 0.610. The zero-order chi connectivity index (χ0) is 8.10. The van der Waals surface area contributed by atoms with Gasteiger partial charge in [0.1, 0.15) is 0 Å². The molecule has 0 aliphatic heterocycles. The minimum Gasteiger partial charge on any atom is -0.396 e. The predicted octanol–water partition coefficient (Wildman–Crippen LogP) is 1.57. The maximum absolute atomic E-state index is 8.78. The number of methoxy groups -OCH3 is 1. The fraction of sp³-hybridized carbons (Fsp3) is 1.00. The molecule has 2 atom stereocenters. The maximum Gasteiger partial charge on any atom is 0.0600 e. The van der Waals surface area contributed by atoms with E-state index in [4.69, 9.17) is 9.84 Å². The lowest BCUT2D eigenvalue weighted by Crippen LogP contribution is -2.27. The summed E-state index contributed by atoms with van der Waals surface area (Å²) in [6.07, 6.45) is 6.35. The van der Waals surface area contributed by atoms with Crippen molar-refractivity contribution in [2.75, 3.05) is 13.7 Å². The van der Waals surface area contributed by atoms with E-state index >= 15 is 0 Å². The summed E-state index contributed by atoms with van der Waals surface area (Å²) < 4.78 is 5.35. The average Bonchev–Trinajstić information content (AvgIpc) is 2.06. The standard InChI is InChI=1S/C9H18O2/c1-11-9-5-3-2-4-8(9)6-7-10/h8-10H,2-7H2,1H3/t8-,9+/m1/s1. The second-order valence-corrected chi connectivity index (χ2v) is 3.33. The van der Waals surface area contributed by atoms with Gasteiger partial charge in [0.15, 0.2) is 0 Å². The number of hydrogen-bond donors (Lipinski definition) is 1. The fourth-order valence-electron chi connectivity index (χ4n) is 1.98. The summed E-state index contributed by atoms with van der Waals surface area (Å²) in [5, 5.41) is 8.78. The van der Waals surface area contributed by atoms with Gasteiger partial charge in [-0.2, -0.15) is 0 Å². The highest BCUT2D eigenvalue weighted by Crippen LogP contribution is 2.28. The minimum absolute atomic E-state index is 0.310. The summed E-state index contributed by atoms with van der Waals surface area (Å²) in [4.78, 5) is 0. The van der Waals surface area contributed by atoms with Gasteiger partial charge in [0.2, 0.25) is 0 Å². The quantitative estimate of drug-likeness (QED) is 0.675. The van der Waals surface area contributed by atoms with E-state index in [-0.39, 0.29) is 0 Å². The Labute approximate surface area is 68.6 Å². The molecule has 0 spiro atoms. The van der Waals surface area contributed by atoms with Crippen molar-refractivity contribution >= 4 is 0 Å². The molecule has 0 aromatic heterocycles. The van der Waals surface area contributed by atoms with Crippen LogP contribution in [0.25, 0.3) is 0 Å². The number of ether oxygens (including phenoxy) is 1. The molecule has 2 nitrogen and oxygen atoms in total. The van der Waals surface area contributed by atoms with Crippen molar-refractivity contribution in [1.82, 2.24) is 0 Å². The molecule has 1 rings (SSSR count). The summed E-state index contributed by atoms with van der Waals surface area (Å²) in [6, 6.07) is 0. The highest BCUT2D eigenvalue weighted by molar-refractivity contribution is 4.75. The Morgan fingerprint density at radius 3 is 2.73 bits per heavy atom. The van der Waals surface area contributed by atoms with E-state index in [0.717, 1.165) is 6.42 Å². The molecule has 0 heterocycles. The first-order valence-electron chi connectivity index (χ1n) is 4.52. The van der Waals surface area contributed by atoms with Crippen molar-refractivity contribution in [2.24, 2.45) is 5.92 Å². The average molecular weight is 158 g/mol. The van der Waals surface area contributed by atoms with E-state index in [1.54, 1.807) is 7.11 Å². The monoisotopic (exact) mass is 158 g/mol. The van der Waals surface area contributed by atoms with Gasteiger partial charge < -0.3 is 9.84 Å². The first-order valence-corrected chi connectivity index (χ1v) is 4.52. The van der Waals surface area contributed by atoms with Crippen LogP contribution >= 0.6 is 0 Å². The van der Waals surface area contributed by atoms with Crippen LogP contribution in [0.4, 0.5) is 0 Å². The maximum atomic E-state index is 8.78. The Balaban J connectivity index is 2.31. The van der Waals surface area contributed by atoms with E-state index in [1.807, 2.05) is 0 Å². The van der Waals surface area contributed by atoms with E-state index in [9.17, 15) is 0 Å². The Hall–Kier alpha value is -0.0800. The van der Waals surface area contributed by atoms with Gasteiger partial charge in [0.05, 0.1) is 6.10 Å². The van der Waals surface area contributed by atoms with E-state index in [1.165, 1.54) is 25.7 Å². The van der Waals surface area contributed by atoms with Gasteiger partial charge in [-0.05, 0) is 25.2 Å². The molecular formula is C9H18O2. The summed E-state index contributed by atoms with van der Waals surface area (Å²) in [5.41, 5.74) is 0. The van der Waals surface area contributed by atoms with Crippen LogP contribution in [0.3, 0.4) is 0 Å². The third-order valence-electron chi connectivity index (χ3n) is 2.64. The van der Waals surface area contributed by atoms with Gasteiger partial charge in [-0.1, -0.05) is 12.8 Å². The second-order valence-electron chi connectivity index (χ2n) is 3.33. The molecule has 0 aromatic carbocycles. The number of aliphatic hydroxyl groups excluding tert-OH is 1. The topological polar surface area (TPSA) is 29.5 Å². The summed E-state index contributed by atoms with van der Waals surface area (Å²) >= 11 is 0. The molecular weight excluding hydrogens is 140 g/mol. The largest absolute Gasteiger partial charge is 0.396 e. The molecule has 1 N–H and O–H groups in total. The van der Waals surface area contributed by atoms with Crippen LogP contribution in [-0.2, 0) is 4.74 Å². The lowest BCUT2D eigenvalue weighted by molar-refractivity contribution is 0.0141. The van der Waals surface area contributed by atoms with Crippen LogP contribution in [0.5, 0.6) is 0 Å². The highest BCUT2D eigenvalue weighted by Gasteiger charge is 2.23. The molecule has 0 radical (unpaired) electrons. The Morgan fingerprint density at radius 1 is 1.36 bits per heavy atom. The Morgan fingerprint density at radius 2 is 2.09 bits per heavy atom. The normalized spacial score (nSPS) is 32.2. The zero-order valence-electron chi connectivity index (χ0n) is 7.25. The number of hydrogen-bond acceptors (Lipinski definition) is 2. The first kappa shape index (κ1) is 9.01. The van der Waals surface area contributed by atoms with E-state index < -0.39 is 0 Å². The van der Waals surface area contributed by atoms with Crippen molar-refractivity contribution in [3.63, 3.8) is 0 Å². The minimum atomic E-state index is 0.310. The molecule has 1 aliphatic carbocycles. The fourth-order valence-corrected chi connectivity index (χ4v) is 1.98. The molecule has 0 amide bonds. The molecule has 1 fully saturated rings. The number of aliphatic hydroxyl groups is 1. The highest BCUT2D eigenvalue weighted by atomic mass is 16.5. The van der Waals surface area contributed by atoms with Crippen LogP contribution in [0.2, 0.25) is 0 Å². The molecule has 0 aromatic rings. The van der Waals surface area contributed by atoms with Gasteiger partial charge >= 0.3 is 0 Å². The smallest absolute Gasteiger partial charge is 0.0600 e. The van der Waals surface area contributed by atoms with Gasteiger partial charge in [-0.25, -0.2) is 0 Å². The molecule has 1 saturated carbocycles. The van der Waals surface area contributed by atoms with Crippen LogP contribution in [0.1, 0.15) is 32.1 Å². The van der Waals surface area contributed by atoms with Gasteiger partial charge in [-0.15, -0.1) is 0 Å². The Bertz CT molecular complexity index is 102. The predicted molar refractivity (Wildman–Crippen MR) is 44.5 cm³/mol. The first-order chi connectivity index (χ1) is 5.38. The molecule has 0 unspecified atom stereocenters. The third kappa shape index (κ3) is 2.46. The zero-order valence-corrected chi connectivity index (χ0v) is 7.25. The van der Waals surface area contributed by atoms with Gasteiger partial charge in [0.25, 0.3) is 0 Å². The van der Waals surface area contributed by atoms with E-state index in [0.29, 0.717) is 18.6 Å². The summed E-state index contributed by atoms with van der Waals surface area (Å²) in [7, 11) is 1.78. The molecule has 1 aliphatic rings. The van der Waals surface area contributed by atoms with Crippen molar-refractivity contribution in [3.05, 3.63) is 0 Å².